The summed E-state index contributed by atoms with van der Waals surface area (Å²) >= 11 is 12.3. The molecule has 0 bridgehead atoms. The summed E-state index contributed by atoms with van der Waals surface area (Å²) in [4.78, 5) is 12.0. The van der Waals surface area contributed by atoms with Crippen LogP contribution >= 0.6 is 23.2 Å². The van der Waals surface area contributed by atoms with Crippen molar-refractivity contribution in [2.24, 2.45) is 5.92 Å². The van der Waals surface area contributed by atoms with E-state index >= 15 is 0 Å². The van der Waals surface area contributed by atoms with Gasteiger partial charge in [-0.1, -0.05) is 29.3 Å². The van der Waals surface area contributed by atoms with Crippen molar-refractivity contribution in [3.63, 3.8) is 0 Å². The molecule has 0 radical (unpaired) electrons. The molecule has 0 spiro atoms. The number of rotatable bonds is 7. The fourth-order valence-electron chi connectivity index (χ4n) is 2.90. The van der Waals surface area contributed by atoms with Crippen molar-refractivity contribution in [1.29, 1.82) is 0 Å². The van der Waals surface area contributed by atoms with Gasteiger partial charge in [-0.2, -0.15) is 0 Å². The molecule has 4 nitrogen and oxygen atoms in total. The first-order valence-corrected chi connectivity index (χ1v) is 8.99. The highest BCUT2D eigenvalue weighted by molar-refractivity contribution is 6.42. The average molecular weight is 357 g/mol. The van der Waals surface area contributed by atoms with Crippen molar-refractivity contribution < 1.29 is 9.53 Å². The van der Waals surface area contributed by atoms with Crippen molar-refractivity contribution >= 4 is 29.2 Å². The normalized spacial score (nSPS) is 19.5. The highest BCUT2D eigenvalue weighted by Crippen LogP contribution is 2.38. The van der Waals surface area contributed by atoms with E-state index in [0.29, 0.717) is 23.2 Å². The molecule has 126 valence electrons. The standard InChI is InChI=1S/C17H22Cl2N2O2/c18-14-6-4-12-13(16(14)19)5-7-15(12)21-17(22)20-8-1-9-23-10-11-2-3-11/h4,6,11,15H,1-3,5,7-10H2,(H2,20,21,22). The average Bonchev–Trinajstić information content (AvgIpc) is 3.27. The third-order valence-corrected chi connectivity index (χ3v) is 5.24. The zero-order valence-electron chi connectivity index (χ0n) is 13.0. The molecule has 0 aliphatic heterocycles. The van der Waals surface area contributed by atoms with Gasteiger partial charge in [-0.3, -0.25) is 0 Å². The van der Waals surface area contributed by atoms with Crippen LogP contribution in [0.2, 0.25) is 10.0 Å². The maximum atomic E-state index is 12.0. The van der Waals surface area contributed by atoms with Gasteiger partial charge in [0, 0.05) is 19.8 Å². The Bertz CT molecular complexity index is 576. The van der Waals surface area contributed by atoms with E-state index in [1.807, 2.05) is 6.07 Å². The number of amides is 2. The van der Waals surface area contributed by atoms with E-state index in [1.54, 1.807) is 6.07 Å². The summed E-state index contributed by atoms with van der Waals surface area (Å²) in [6.45, 7) is 2.20. The van der Waals surface area contributed by atoms with E-state index in [1.165, 1.54) is 12.8 Å². The number of carbonyl (C=O) groups excluding carboxylic acids is 1. The van der Waals surface area contributed by atoms with E-state index in [2.05, 4.69) is 10.6 Å². The Hall–Kier alpha value is -0.970. The number of benzene rings is 1. The fourth-order valence-corrected chi connectivity index (χ4v) is 3.35. The second kappa shape index (κ2) is 7.73. The number of halogens is 2. The number of carbonyl (C=O) groups is 1. The van der Waals surface area contributed by atoms with Gasteiger partial charge >= 0.3 is 6.03 Å². The smallest absolute Gasteiger partial charge is 0.315 e. The highest BCUT2D eigenvalue weighted by atomic mass is 35.5. The molecule has 0 heterocycles. The number of fused-ring (bicyclic) bond motifs is 1. The quantitative estimate of drug-likeness (QED) is 0.722. The summed E-state index contributed by atoms with van der Waals surface area (Å²) < 4.78 is 5.54. The van der Waals surface area contributed by atoms with Crippen LogP contribution in [-0.2, 0) is 11.2 Å². The second-order valence-electron chi connectivity index (χ2n) is 6.29. The van der Waals surface area contributed by atoms with Crippen LogP contribution < -0.4 is 10.6 Å². The predicted molar refractivity (Wildman–Crippen MR) is 92.2 cm³/mol. The molecule has 2 N–H and O–H groups in total. The van der Waals surface area contributed by atoms with E-state index < -0.39 is 0 Å². The summed E-state index contributed by atoms with van der Waals surface area (Å²) in [5.41, 5.74) is 2.13. The summed E-state index contributed by atoms with van der Waals surface area (Å²) in [5, 5.41) is 7.07. The van der Waals surface area contributed by atoms with Gasteiger partial charge in [0.2, 0.25) is 0 Å². The van der Waals surface area contributed by atoms with Gasteiger partial charge in [-0.05, 0) is 55.2 Å². The third-order valence-electron chi connectivity index (χ3n) is 4.40. The molecular weight excluding hydrogens is 335 g/mol. The van der Waals surface area contributed by atoms with Crippen molar-refractivity contribution in [3.05, 3.63) is 33.3 Å². The van der Waals surface area contributed by atoms with Gasteiger partial charge in [0.15, 0.2) is 0 Å². The summed E-state index contributed by atoms with van der Waals surface area (Å²) in [6, 6.07) is 3.60. The number of ether oxygens (including phenoxy) is 1. The molecule has 1 aromatic carbocycles. The monoisotopic (exact) mass is 356 g/mol. The zero-order valence-corrected chi connectivity index (χ0v) is 14.6. The number of urea groups is 1. The molecule has 0 saturated heterocycles. The maximum Gasteiger partial charge on any atom is 0.315 e. The first kappa shape index (κ1) is 16.9. The predicted octanol–water partition coefficient (Wildman–Crippen LogP) is 4.10. The second-order valence-corrected chi connectivity index (χ2v) is 7.08. The minimum Gasteiger partial charge on any atom is -0.381 e. The van der Waals surface area contributed by atoms with E-state index in [4.69, 9.17) is 27.9 Å². The van der Waals surface area contributed by atoms with Crippen LogP contribution in [0.4, 0.5) is 4.79 Å². The molecule has 2 aliphatic rings. The van der Waals surface area contributed by atoms with Crippen LogP contribution in [0.1, 0.15) is 42.9 Å². The first-order valence-electron chi connectivity index (χ1n) is 8.24. The van der Waals surface area contributed by atoms with Crippen molar-refractivity contribution in [3.8, 4) is 0 Å². The van der Waals surface area contributed by atoms with E-state index in [9.17, 15) is 4.79 Å². The Morgan fingerprint density at radius 2 is 2.09 bits per heavy atom. The Balaban J connectivity index is 1.38. The van der Waals surface area contributed by atoms with Crippen LogP contribution in [0.3, 0.4) is 0 Å². The zero-order chi connectivity index (χ0) is 16.2. The molecule has 0 aromatic heterocycles. The number of hydrogen-bond acceptors (Lipinski definition) is 2. The number of hydrogen-bond donors (Lipinski definition) is 2. The minimum atomic E-state index is -0.142. The molecular formula is C17H22Cl2N2O2. The molecule has 2 aliphatic carbocycles. The fraction of sp³-hybridized carbons (Fsp3) is 0.588. The largest absolute Gasteiger partial charge is 0.381 e. The van der Waals surface area contributed by atoms with Crippen molar-refractivity contribution in [2.45, 2.75) is 38.1 Å². The highest BCUT2D eigenvalue weighted by Gasteiger charge is 2.26. The van der Waals surface area contributed by atoms with Crippen LogP contribution in [-0.4, -0.2) is 25.8 Å². The first-order chi connectivity index (χ1) is 11.1. The van der Waals surface area contributed by atoms with E-state index in [0.717, 1.165) is 42.9 Å². The topological polar surface area (TPSA) is 50.4 Å². The lowest BCUT2D eigenvalue weighted by atomic mass is 10.1. The van der Waals surface area contributed by atoms with Gasteiger partial charge in [0.05, 0.1) is 16.1 Å². The van der Waals surface area contributed by atoms with Gasteiger partial charge in [-0.25, -0.2) is 4.79 Å². The molecule has 6 heteroatoms. The van der Waals surface area contributed by atoms with Crippen LogP contribution in [0, 0.1) is 5.92 Å². The van der Waals surface area contributed by atoms with Crippen LogP contribution in [0.5, 0.6) is 0 Å². The third kappa shape index (κ3) is 4.52. The molecule has 1 fully saturated rings. The minimum absolute atomic E-state index is 0.00545. The lowest BCUT2D eigenvalue weighted by Gasteiger charge is -2.15. The SMILES string of the molecule is O=C(NCCCOCC1CC1)NC1CCc2c1ccc(Cl)c2Cl. The Labute approximate surface area is 146 Å². The van der Waals surface area contributed by atoms with Gasteiger partial charge in [0.1, 0.15) is 0 Å². The lowest BCUT2D eigenvalue weighted by Crippen LogP contribution is -2.38. The summed E-state index contributed by atoms with van der Waals surface area (Å²) in [6.07, 6.45) is 5.14. The molecule has 2 amide bonds. The van der Waals surface area contributed by atoms with Crippen molar-refractivity contribution in [1.82, 2.24) is 10.6 Å². The molecule has 1 aromatic rings. The molecule has 23 heavy (non-hydrogen) atoms. The molecule has 1 unspecified atom stereocenters. The van der Waals surface area contributed by atoms with Crippen LogP contribution in [0.15, 0.2) is 12.1 Å². The van der Waals surface area contributed by atoms with Crippen molar-refractivity contribution in [2.75, 3.05) is 19.8 Å². The maximum absolute atomic E-state index is 12.0. The molecule has 3 rings (SSSR count). The Morgan fingerprint density at radius 3 is 2.87 bits per heavy atom. The number of nitrogens with one attached hydrogen (secondary N) is 2. The van der Waals surface area contributed by atoms with Gasteiger partial charge < -0.3 is 15.4 Å². The van der Waals surface area contributed by atoms with E-state index in [-0.39, 0.29) is 12.1 Å². The summed E-state index contributed by atoms with van der Waals surface area (Å²) in [5.74, 6) is 0.786. The summed E-state index contributed by atoms with van der Waals surface area (Å²) in [7, 11) is 0. The lowest BCUT2D eigenvalue weighted by molar-refractivity contribution is 0.122. The molecule has 1 atom stereocenters. The van der Waals surface area contributed by atoms with Gasteiger partial charge in [-0.15, -0.1) is 0 Å². The Morgan fingerprint density at radius 1 is 1.26 bits per heavy atom. The van der Waals surface area contributed by atoms with Crippen LogP contribution in [0.25, 0.3) is 0 Å². The molecule has 1 saturated carbocycles. The Kier molecular flexibility index (Phi) is 5.67. The van der Waals surface area contributed by atoms with Gasteiger partial charge in [0.25, 0.3) is 0 Å².